The molecule has 1 saturated carbocycles. The Bertz CT molecular complexity index is 150. The van der Waals surface area contributed by atoms with Crippen molar-refractivity contribution in [3.63, 3.8) is 0 Å². The third-order valence-corrected chi connectivity index (χ3v) is 4.33. The molecule has 0 N–H and O–H groups in total. The van der Waals surface area contributed by atoms with Gasteiger partial charge < -0.3 is 0 Å². The fourth-order valence-corrected chi connectivity index (χ4v) is 2.49. The average Bonchev–Trinajstić information content (AvgIpc) is 2.70. The zero-order chi connectivity index (χ0) is 9.90. The van der Waals surface area contributed by atoms with Gasteiger partial charge in [0.1, 0.15) is 0 Å². The minimum absolute atomic E-state index is 0.714. The van der Waals surface area contributed by atoms with Gasteiger partial charge in [0, 0.05) is 0 Å². The second kappa shape index (κ2) is 4.48. The fourth-order valence-electron chi connectivity index (χ4n) is 2.49. The summed E-state index contributed by atoms with van der Waals surface area (Å²) < 4.78 is 0. The molecular weight excluding hydrogens is 156 g/mol. The Balaban J connectivity index is 2.08. The van der Waals surface area contributed by atoms with Crippen molar-refractivity contribution >= 4 is 0 Å². The molecule has 3 unspecified atom stereocenters. The lowest BCUT2D eigenvalue weighted by molar-refractivity contribution is 0.308. The van der Waals surface area contributed by atoms with Crippen LogP contribution in [0, 0.1) is 17.3 Å². The van der Waals surface area contributed by atoms with Crippen molar-refractivity contribution in [3.8, 4) is 0 Å². The molecule has 0 nitrogen and oxygen atoms in total. The lowest BCUT2D eigenvalue weighted by atomic mass is 9.86. The first-order valence-electron chi connectivity index (χ1n) is 6.11. The molecule has 0 aromatic heterocycles. The molecule has 0 aromatic rings. The zero-order valence-corrected chi connectivity index (χ0v) is 9.90. The predicted octanol–water partition coefficient (Wildman–Crippen LogP) is 4.64. The summed E-state index contributed by atoms with van der Waals surface area (Å²) in [6.07, 6.45) is 8.63. The highest BCUT2D eigenvalue weighted by atomic mass is 14.5. The SMILES string of the molecule is CCCCCCC(C)C1(C)CC1C. The van der Waals surface area contributed by atoms with Crippen molar-refractivity contribution in [1.82, 2.24) is 0 Å². The minimum atomic E-state index is 0.714. The molecule has 0 radical (unpaired) electrons. The van der Waals surface area contributed by atoms with Gasteiger partial charge in [-0.05, 0) is 23.7 Å². The van der Waals surface area contributed by atoms with E-state index in [0.29, 0.717) is 5.41 Å². The quantitative estimate of drug-likeness (QED) is 0.525. The van der Waals surface area contributed by atoms with E-state index in [1.807, 2.05) is 0 Å². The Hall–Kier alpha value is 0. The van der Waals surface area contributed by atoms with E-state index >= 15 is 0 Å². The molecular formula is C13H26. The summed E-state index contributed by atoms with van der Waals surface area (Å²) in [5.74, 6) is 1.95. The molecule has 0 spiro atoms. The summed E-state index contributed by atoms with van der Waals surface area (Å²) in [5.41, 5.74) is 0.714. The molecule has 1 aliphatic carbocycles. The third-order valence-electron chi connectivity index (χ3n) is 4.33. The van der Waals surface area contributed by atoms with Crippen molar-refractivity contribution in [2.24, 2.45) is 17.3 Å². The normalized spacial score (nSPS) is 34.6. The van der Waals surface area contributed by atoms with E-state index in [0.717, 1.165) is 11.8 Å². The molecule has 13 heavy (non-hydrogen) atoms. The van der Waals surface area contributed by atoms with E-state index in [1.54, 1.807) is 0 Å². The topological polar surface area (TPSA) is 0 Å². The largest absolute Gasteiger partial charge is 0.0654 e. The van der Waals surface area contributed by atoms with E-state index in [-0.39, 0.29) is 0 Å². The van der Waals surface area contributed by atoms with Crippen LogP contribution in [0.4, 0.5) is 0 Å². The molecule has 0 aliphatic heterocycles. The summed E-state index contributed by atoms with van der Waals surface area (Å²) in [4.78, 5) is 0. The standard InChI is InChI=1S/C13H26/c1-5-6-7-8-9-11(2)13(4)10-12(13)3/h11-12H,5-10H2,1-4H3. The molecule has 0 heterocycles. The lowest BCUT2D eigenvalue weighted by Gasteiger charge is -2.19. The van der Waals surface area contributed by atoms with Crippen molar-refractivity contribution in [1.29, 1.82) is 0 Å². The molecule has 0 aromatic carbocycles. The molecule has 0 heteroatoms. The Kier molecular flexibility index (Phi) is 3.82. The highest BCUT2D eigenvalue weighted by Gasteiger charge is 2.49. The van der Waals surface area contributed by atoms with Crippen LogP contribution >= 0.6 is 0 Å². The zero-order valence-electron chi connectivity index (χ0n) is 9.90. The van der Waals surface area contributed by atoms with Crippen LogP contribution in [0.5, 0.6) is 0 Å². The van der Waals surface area contributed by atoms with Gasteiger partial charge in [-0.2, -0.15) is 0 Å². The van der Waals surface area contributed by atoms with E-state index in [9.17, 15) is 0 Å². The van der Waals surface area contributed by atoms with Gasteiger partial charge in [-0.25, -0.2) is 0 Å². The summed E-state index contributed by atoms with van der Waals surface area (Å²) in [6.45, 7) is 9.62. The Morgan fingerprint density at radius 2 is 1.92 bits per heavy atom. The fraction of sp³-hybridized carbons (Fsp3) is 1.00. The highest BCUT2D eigenvalue weighted by molar-refractivity contribution is 4.99. The maximum absolute atomic E-state index is 2.47. The second-order valence-corrected chi connectivity index (χ2v) is 5.36. The minimum Gasteiger partial charge on any atom is -0.0654 e. The molecule has 1 rings (SSSR count). The van der Waals surface area contributed by atoms with Crippen molar-refractivity contribution < 1.29 is 0 Å². The smallest absolute Gasteiger partial charge is 0.0272 e. The first kappa shape index (κ1) is 11.1. The number of hydrogen-bond donors (Lipinski definition) is 0. The van der Waals surface area contributed by atoms with Crippen LogP contribution in [0.2, 0.25) is 0 Å². The van der Waals surface area contributed by atoms with Gasteiger partial charge in [0.25, 0.3) is 0 Å². The maximum atomic E-state index is 2.47. The van der Waals surface area contributed by atoms with Gasteiger partial charge in [-0.3, -0.25) is 0 Å². The van der Waals surface area contributed by atoms with Crippen LogP contribution in [0.1, 0.15) is 66.2 Å². The summed E-state index contributed by atoms with van der Waals surface area (Å²) in [6, 6.07) is 0. The first-order chi connectivity index (χ1) is 6.11. The first-order valence-corrected chi connectivity index (χ1v) is 6.11. The number of unbranched alkanes of at least 4 members (excludes halogenated alkanes) is 3. The van der Waals surface area contributed by atoms with Crippen molar-refractivity contribution in [3.05, 3.63) is 0 Å². The molecule has 1 fully saturated rings. The van der Waals surface area contributed by atoms with Gasteiger partial charge >= 0.3 is 0 Å². The van der Waals surface area contributed by atoms with Gasteiger partial charge in [0.2, 0.25) is 0 Å². The van der Waals surface area contributed by atoms with E-state index in [4.69, 9.17) is 0 Å². The predicted molar refractivity (Wildman–Crippen MR) is 59.8 cm³/mol. The lowest BCUT2D eigenvalue weighted by Crippen LogP contribution is -2.10. The molecule has 0 amide bonds. The highest BCUT2D eigenvalue weighted by Crippen LogP contribution is 2.58. The average molecular weight is 182 g/mol. The van der Waals surface area contributed by atoms with E-state index < -0.39 is 0 Å². The van der Waals surface area contributed by atoms with Crippen LogP contribution in [-0.2, 0) is 0 Å². The summed E-state index contributed by atoms with van der Waals surface area (Å²) in [7, 11) is 0. The van der Waals surface area contributed by atoms with Crippen molar-refractivity contribution in [2.75, 3.05) is 0 Å². The van der Waals surface area contributed by atoms with Crippen LogP contribution in [0.15, 0.2) is 0 Å². The monoisotopic (exact) mass is 182 g/mol. The van der Waals surface area contributed by atoms with Crippen molar-refractivity contribution in [2.45, 2.75) is 66.2 Å². The van der Waals surface area contributed by atoms with Crippen LogP contribution in [-0.4, -0.2) is 0 Å². The molecule has 0 bridgehead atoms. The maximum Gasteiger partial charge on any atom is -0.0272 e. The summed E-state index contributed by atoms with van der Waals surface area (Å²) >= 11 is 0. The van der Waals surface area contributed by atoms with Gasteiger partial charge in [-0.15, -0.1) is 0 Å². The summed E-state index contributed by atoms with van der Waals surface area (Å²) in [5, 5.41) is 0. The van der Waals surface area contributed by atoms with Crippen LogP contribution in [0.3, 0.4) is 0 Å². The molecule has 3 atom stereocenters. The third kappa shape index (κ3) is 2.72. The molecule has 1 aliphatic rings. The van der Waals surface area contributed by atoms with Crippen LogP contribution in [0.25, 0.3) is 0 Å². The van der Waals surface area contributed by atoms with Crippen LogP contribution < -0.4 is 0 Å². The second-order valence-electron chi connectivity index (χ2n) is 5.36. The number of hydrogen-bond acceptors (Lipinski definition) is 0. The van der Waals surface area contributed by atoms with E-state index in [2.05, 4.69) is 27.7 Å². The van der Waals surface area contributed by atoms with Gasteiger partial charge in [-0.1, -0.05) is 59.8 Å². The molecule has 0 saturated heterocycles. The number of rotatable bonds is 6. The molecule has 78 valence electrons. The Morgan fingerprint density at radius 3 is 2.38 bits per heavy atom. The Morgan fingerprint density at radius 1 is 1.31 bits per heavy atom. The van der Waals surface area contributed by atoms with Gasteiger partial charge in [0.05, 0.1) is 0 Å². The Labute approximate surface area is 84.1 Å². The van der Waals surface area contributed by atoms with Gasteiger partial charge in [0.15, 0.2) is 0 Å². The van der Waals surface area contributed by atoms with E-state index in [1.165, 1.54) is 38.5 Å².